The average molecular weight is 326 g/mol. The fourth-order valence-corrected chi connectivity index (χ4v) is 3.39. The molecule has 1 atom stereocenters. The number of nitrogens with one attached hydrogen (secondary N) is 1. The topological polar surface area (TPSA) is 119 Å². The smallest absolute Gasteiger partial charge is 0.293 e. The summed E-state index contributed by atoms with van der Waals surface area (Å²) in [7, 11) is -3.96. The van der Waals surface area contributed by atoms with Crippen LogP contribution in [-0.2, 0) is 10.0 Å². The van der Waals surface area contributed by atoms with E-state index < -0.39 is 14.9 Å². The van der Waals surface area contributed by atoms with Crippen molar-refractivity contribution in [3.05, 3.63) is 28.3 Å². The fourth-order valence-electron chi connectivity index (χ4n) is 2.86. The Labute approximate surface area is 128 Å². The van der Waals surface area contributed by atoms with E-state index in [0.29, 0.717) is 11.7 Å². The predicted molar refractivity (Wildman–Crippen MR) is 81.1 cm³/mol. The van der Waals surface area contributed by atoms with Gasteiger partial charge in [0.2, 0.25) is 10.0 Å². The molecule has 0 amide bonds. The molecule has 8 nitrogen and oxygen atoms in total. The van der Waals surface area contributed by atoms with E-state index in [-0.39, 0.29) is 16.6 Å². The molecule has 0 aromatic heterocycles. The SMILES string of the molecule is NS(=O)(=O)c1ccc(NC2CCN(C3CC3)C2)c([N+](=O)[O-])c1. The number of nitrogens with zero attached hydrogens (tertiary/aromatic N) is 2. The summed E-state index contributed by atoms with van der Waals surface area (Å²) in [6.07, 6.45) is 3.39. The Morgan fingerprint density at radius 2 is 2.05 bits per heavy atom. The Morgan fingerprint density at radius 3 is 2.64 bits per heavy atom. The van der Waals surface area contributed by atoms with E-state index in [4.69, 9.17) is 5.14 Å². The van der Waals surface area contributed by atoms with Crippen LogP contribution in [0, 0.1) is 10.1 Å². The Hall–Kier alpha value is -1.71. The number of nitrogens with two attached hydrogens (primary N) is 1. The number of rotatable bonds is 5. The van der Waals surface area contributed by atoms with Gasteiger partial charge in [0, 0.05) is 31.2 Å². The van der Waals surface area contributed by atoms with E-state index in [9.17, 15) is 18.5 Å². The first-order valence-electron chi connectivity index (χ1n) is 7.16. The summed E-state index contributed by atoms with van der Waals surface area (Å²) in [4.78, 5) is 12.7. The second-order valence-corrected chi connectivity index (χ2v) is 7.40. The Kier molecular flexibility index (Phi) is 3.79. The maximum atomic E-state index is 11.3. The molecule has 1 aliphatic carbocycles. The summed E-state index contributed by atoms with van der Waals surface area (Å²) < 4.78 is 22.6. The summed E-state index contributed by atoms with van der Waals surface area (Å²) in [6, 6.07) is 4.52. The first kappa shape index (κ1) is 15.2. The molecule has 120 valence electrons. The van der Waals surface area contributed by atoms with Crippen molar-refractivity contribution >= 4 is 21.4 Å². The summed E-state index contributed by atoms with van der Waals surface area (Å²) in [5.74, 6) is 0. The summed E-state index contributed by atoms with van der Waals surface area (Å²) in [5.41, 5.74) is 0.0662. The lowest BCUT2D eigenvalue weighted by Gasteiger charge is -2.16. The number of primary sulfonamides is 1. The fraction of sp³-hybridized carbons (Fsp3) is 0.538. The maximum absolute atomic E-state index is 11.3. The minimum absolute atomic E-state index is 0.139. The maximum Gasteiger partial charge on any atom is 0.293 e. The molecule has 1 aromatic rings. The first-order chi connectivity index (χ1) is 10.3. The molecule has 2 aliphatic rings. The Morgan fingerprint density at radius 1 is 1.32 bits per heavy atom. The zero-order valence-corrected chi connectivity index (χ0v) is 12.8. The molecule has 22 heavy (non-hydrogen) atoms. The lowest BCUT2D eigenvalue weighted by molar-refractivity contribution is -0.384. The molecule has 1 heterocycles. The van der Waals surface area contributed by atoms with Crippen LogP contribution in [0.2, 0.25) is 0 Å². The van der Waals surface area contributed by atoms with Crippen LogP contribution in [0.4, 0.5) is 11.4 Å². The van der Waals surface area contributed by atoms with Gasteiger partial charge in [-0.1, -0.05) is 0 Å². The van der Waals surface area contributed by atoms with Crippen molar-refractivity contribution in [3.8, 4) is 0 Å². The zero-order valence-electron chi connectivity index (χ0n) is 11.9. The molecular formula is C13H18N4O4S. The number of sulfonamides is 1. The quantitative estimate of drug-likeness (QED) is 0.613. The van der Waals surface area contributed by atoms with E-state index in [0.717, 1.165) is 25.6 Å². The number of likely N-dealkylation sites (tertiary alicyclic amines) is 1. The molecule has 9 heteroatoms. The van der Waals surface area contributed by atoms with Crippen molar-refractivity contribution in [3.63, 3.8) is 0 Å². The molecule has 3 rings (SSSR count). The highest BCUT2D eigenvalue weighted by Gasteiger charge is 2.34. The van der Waals surface area contributed by atoms with Gasteiger partial charge in [-0.2, -0.15) is 0 Å². The van der Waals surface area contributed by atoms with E-state index in [1.165, 1.54) is 25.0 Å². The zero-order chi connectivity index (χ0) is 15.9. The molecule has 1 aliphatic heterocycles. The minimum Gasteiger partial charge on any atom is -0.375 e. The van der Waals surface area contributed by atoms with Crippen molar-refractivity contribution in [1.29, 1.82) is 0 Å². The molecule has 1 aromatic carbocycles. The van der Waals surface area contributed by atoms with E-state index in [1.807, 2.05) is 0 Å². The molecule has 1 unspecified atom stereocenters. The number of anilines is 1. The van der Waals surface area contributed by atoms with Crippen LogP contribution in [0.1, 0.15) is 19.3 Å². The van der Waals surface area contributed by atoms with Gasteiger partial charge in [-0.15, -0.1) is 0 Å². The molecule has 0 radical (unpaired) electrons. The molecule has 3 N–H and O–H groups in total. The van der Waals surface area contributed by atoms with Gasteiger partial charge in [0.15, 0.2) is 0 Å². The normalized spacial score (nSPS) is 22.7. The van der Waals surface area contributed by atoms with Crippen molar-refractivity contribution in [2.45, 2.75) is 36.2 Å². The standard InChI is InChI=1S/C13H18N4O4S/c14-22(20,21)11-3-4-12(13(7-11)17(18)19)15-9-5-6-16(8-9)10-1-2-10/h3-4,7,9-10,15H,1-2,5-6,8H2,(H2,14,20,21). The summed E-state index contributed by atoms with van der Waals surface area (Å²) >= 11 is 0. The highest BCUT2D eigenvalue weighted by Crippen LogP contribution is 2.32. The van der Waals surface area contributed by atoms with Crippen molar-refractivity contribution < 1.29 is 13.3 Å². The van der Waals surface area contributed by atoms with Gasteiger partial charge in [-0.3, -0.25) is 15.0 Å². The predicted octanol–water partition coefficient (Wildman–Crippen LogP) is 0.891. The monoisotopic (exact) mass is 326 g/mol. The van der Waals surface area contributed by atoms with E-state index in [1.54, 1.807) is 0 Å². The van der Waals surface area contributed by atoms with Gasteiger partial charge < -0.3 is 5.32 Å². The molecule has 0 bridgehead atoms. The number of nitro benzene ring substituents is 1. The van der Waals surface area contributed by atoms with Crippen LogP contribution >= 0.6 is 0 Å². The third-order valence-corrected chi connectivity index (χ3v) is 5.05. The summed E-state index contributed by atoms with van der Waals surface area (Å²) in [5, 5.41) is 19.4. The van der Waals surface area contributed by atoms with Gasteiger partial charge in [0.05, 0.1) is 9.82 Å². The molecular weight excluding hydrogens is 308 g/mol. The number of nitro groups is 1. The van der Waals surface area contributed by atoms with Crippen LogP contribution in [-0.4, -0.2) is 43.4 Å². The van der Waals surface area contributed by atoms with Gasteiger partial charge in [-0.25, -0.2) is 13.6 Å². The Balaban J connectivity index is 1.79. The minimum atomic E-state index is -3.96. The highest BCUT2D eigenvalue weighted by atomic mass is 32.2. The second-order valence-electron chi connectivity index (χ2n) is 5.84. The third-order valence-electron chi connectivity index (χ3n) is 4.14. The third kappa shape index (κ3) is 3.21. The van der Waals surface area contributed by atoms with Crippen LogP contribution in [0.3, 0.4) is 0 Å². The molecule has 0 spiro atoms. The average Bonchev–Trinajstić information content (AvgIpc) is 3.18. The first-order valence-corrected chi connectivity index (χ1v) is 8.71. The van der Waals surface area contributed by atoms with Crippen LogP contribution in [0.25, 0.3) is 0 Å². The number of hydrogen-bond donors (Lipinski definition) is 2. The van der Waals surface area contributed by atoms with Crippen LogP contribution in [0.5, 0.6) is 0 Å². The van der Waals surface area contributed by atoms with Crippen molar-refractivity contribution in [1.82, 2.24) is 4.90 Å². The largest absolute Gasteiger partial charge is 0.375 e. The number of benzene rings is 1. The highest BCUT2D eigenvalue weighted by molar-refractivity contribution is 7.89. The van der Waals surface area contributed by atoms with Crippen LogP contribution in [0.15, 0.2) is 23.1 Å². The van der Waals surface area contributed by atoms with Gasteiger partial charge in [0.1, 0.15) is 5.69 Å². The Bertz CT molecular complexity index is 702. The van der Waals surface area contributed by atoms with E-state index >= 15 is 0 Å². The molecule has 1 saturated heterocycles. The van der Waals surface area contributed by atoms with Crippen molar-refractivity contribution in [2.75, 3.05) is 18.4 Å². The van der Waals surface area contributed by atoms with E-state index in [2.05, 4.69) is 10.2 Å². The van der Waals surface area contributed by atoms with Gasteiger partial charge >= 0.3 is 0 Å². The second kappa shape index (κ2) is 5.49. The van der Waals surface area contributed by atoms with Crippen molar-refractivity contribution in [2.24, 2.45) is 5.14 Å². The molecule has 2 fully saturated rings. The van der Waals surface area contributed by atoms with Gasteiger partial charge in [-0.05, 0) is 31.4 Å². The van der Waals surface area contributed by atoms with Crippen LogP contribution < -0.4 is 10.5 Å². The lowest BCUT2D eigenvalue weighted by atomic mass is 10.2. The van der Waals surface area contributed by atoms with Gasteiger partial charge in [0.25, 0.3) is 5.69 Å². The molecule has 1 saturated carbocycles. The lowest BCUT2D eigenvalue weighted by Crippen LogP contribution is -2.28. The summed E-state index contributed by atoms with van der Waals surface area (Å²) in [6.45, 7) is 1.85. The number of hydrogen-bond acceptors (Lipinski definition) is 6.